The fourth-order valence-electron chi connectivity index (χ4n) is 3.37. The highest BCUT2D eigenvalue weighted by Gasteiger charge is 2.27. The molecule has 10 nitrogen and oxygen atoms in total. The number of unbranched alkanes of at least 4 members (excludes halogenated alkanes) is 10. The number of phosphoric ester groups is 1. The van der Waals surface area contributed by atoms with Gasteiger partial charge in [-0.15, -0.1) is 0 Å². The lowest BCUT2D eigenvalue weighted by atomic mass is 10.1. The first-order valence-corrected chi connectivity index (χ1v) is 15.6. The summed E-state index contributed by atoms with van der Waals surface area (Å²) in [5.74, 6) is -0.979. The molecule has 0 fully saturated rings. The molecule has 3 atom stereocenters. The molecule has 0 aromatic rings. The standard InChI is InChI=1S/C27H51O10P/c1-3-5-7-8-9-10-11-12-13-14-15-16-17-19-27(31)37-25(22-34-26(30)18-6-4-2)23-36-38(32,33)35-21-24(29)20-28/h10-11,24-25,28-29H,3-9,12-23H2,1-2H3,(H,32,33)/b11-10-. The molecule has 3 unspecified atom stereocenters. The maximum absolute atomic E-state index is 12.3. The molecule has 0 radical (unpaired) electrons. The Morgan fingerprint density at radius 1 is 0.763 bits per heavy atom. The van der Waals surface area contributed by atoms with Gasteiger partial charge in [-0.2, -0.15) is 0 Å². The number of allylic oxidation sites excluding steroid dienone is 2. The molecule has 11 heteroatoms. The molecular formula is C27H51O10P. The lowest BCUT2D eigenvalue weighted by Gasteiger charge is -2.20. The van der Waals surface area contributed by atoms with Crippen molar-refractivity contribution >= 4 is 19.8 Å². The van der Waals surface area contributed by atoms with Crippen LogP contribution in [0.5, 0.6) is 0 Å². The molecule has 0 rings (SSSR count). The maximum atomic E-state index is 12.3. The molecule has 0 aliphatic rings. The maximum Gasteiger partial charge on any atom is 0.472 e. The summed E-state index contributed by atoms with van der Waals surface area (Å²) in [6.45, 7) is 2.03. The molecule has 0 aliphatic heterocycles. The number of aliphatic hydroxyl groups is 2. The van der Waals surface area contributed by atoms with Gasteiger partial charge in [0, 0.05) is 12.8 Å². The second-order valence-electron chi connectivity index (χ2n) is 9.42. The van der Waals surface area contributed by atoms with Crippen LogP contribution < -0.4 is 0 Å². The summed E-state index contributed by atoms with van der Waals surface area (Å²) in [5.41, 5.74) is 0. The fraction of sp³-hybridized carbons (Fsp3) is 0.852. The van der Waals surface area contributed by atoms with Gasteiger partial charge in [-0.1, -0.05) is 70.9 Å². The minimum Gasteiger partial charge on any atom is -0.462 e. The smallest absolute Gasteiger partial charge is 0.462 e. The summed E-state index contributed by atoms with van der Waals surface area (Å²) in [5, 5.41) is 18.0. The van der Waals surface area contributed by atoms with Crippen LogP contribution in [0, 0.1) is 0 Å². The Balaban J connectivity index is 4.32. The minimum absolute atomic E-state index is 0.175. The number of ether oxygens (including phenoxy) is 2. The van der Waals surface area contributed by atoms with E-state index in [1.807, 2.05) is 6.92 Å². The minimum atomic E-state index is -4.58. The Hall–Kier alpha value is -1.29. The number of hydrogen-bond acceptors (Lipinski definition) is 9. The summed E-state index contributed by atoms with van der Waals surface area (Å²) in [6.07, 6.45) is 16.1. The van der Waals surface area contributed by atoms with Crippen LogP contribution in [-0.4, -0.2) is 65.7 Å². The number of phosphoric acid groups is 1. The highest BCUT2D eigenvalue weighted by Crippen LogP contribution is 2.43. The van der Waals surface area contributed by atoms with Crippen LogP contribution in [0.3, 0.4) is 0 Å². The lowest BCUT2D eigenvalue weighted by Crippen LogP contribution is -2.29. The first-order chi connectivity index (χ1) is 18.2. The van der Waals surface area contributed by atoms with Crippen LogP contribution in [0.15, 0.2) is 12.2 Å². The molecule has 0 spiro atoms. The van der Waals surface area contributed by atoms with E-state index in [0.29, 0.717) is 12.8 Å². The van der Waals surface area contributed by atoms with Crippen molar-refractivity contribution in [1.29, 1.82) is 0 Å². The summed E-state index contributed by atoms with van der Waals surface area (Å²) in [6, 6.07) is 0. The van der Waals surface area contributed by atoms with Crippen LogP contribution in [0.1, 0.15) is 110 Å². The lowest BCUT2D eigenvalue weighted by molar-refractivity contribution is -0.161. The monoisotopic (exact) mass is 566 g/mol. The van der Waals surface area contributed by atoms with E-state index in [9.17, 15) is 24.2 Å². The Labute approximate surface area is 228 Å². The van der Waals surface area contributed by atoms with Crippen molar-refractivity contribution in [3.63, 3.8) is 0 Å². The quantitative estimate of drug-likeness (QED) is 0.0539. The summed E-state index contributed by atoms with van der Waals surface area (Å²) in [7, 11) is -4.58. The summed E-state index contributed by atoms with van der Waals surface area (Å²) < 4.78 is 31.9. The molecule has 0 heterocycles. The van der Waals surface area contributed by atoms with Gasteiger partial charge >= 0.3 is 19.8 Å². The predicted octanol–water partition coefficient (Wildman–Crippen LogP) is 5.38. The molecular weight excluding hydrogens is 515 g/mol. The molecule has 224 valence electrons. The zero-order chi connectivity index (χ0) is 28.5. The van der Waals surface area contributed by atoms with Gasteiger partial charge in [0.2, 0.25) is 0 Å². The van der Waals surface area contributed by atoms with E-state index in [-0.39, 0.29) is 19.4 Å². The third kappa shape index (κ3) is 23.8. The van der Waals surface area contributed by atoms with Crippen LogP contribution in [0.25, 0.3) is 0 Å². The first kappa shape index (κ1) is 36.7. The highest BCUT2D eigenvalue weighted by molar-refractivity contribution is 7.47. The zero-order valence-electron chi connectivity index (χ0n) is 23.4. The number of carbonyl (C=O) groups is 2. The number of aliphatic hydroxyl groups excluding tert-OH is 2. The third-order valence-electron chi connectivity index (χ3n) is 5.67. The van der Waals surface area contributed by atoms with Gasteiger partial charge in [0.25, 0.3) is 0 Å². The Bertz CT molecular complexity index is 670. The molecule has 0 amide bonds. The summed E-state index contributed by atoms with van der Waals surface area (Å²) >= 11 is 0. The van der Waals surface area contributed by atoms with E-state index in [0.717, 1.165) is 44.9 Å². The second kappa shape index (κ2) is 24.7. The first-order valence-electron chi connectivity index (χ1n) is 14.1. The number of carbonyl (C=O) groups excluding carboxylic acids is 2. The van der Waals surface area contributed by atoms with E-state index in [1.54, 1.807) is 0 Å². The van der Waals surface area contributed by atoms with Crippen LogP contribution in [0.4, 0.5) is 0 Å². The van der Waals surface area contributed by atoms with Crippen molar-refractivity contribution in [2.45, 2.75) is 122 Å². The van der Waals surface area contributed by atoms with Gasteiger partial charge in [0.15, 0.2) is 6.10 Å². The average Bonchev–Trinajstić information content (AvgIpc) is 2.90. The number of rotatable bonds is 26. The Kier molecular flexibility index (Phi) is 23.9. The van der Waals surface area contributed by atoms with Crippen molar-refractivity contribution in [2.75, 3.05) is 26.4 Å². The van der Waals surface area contributed by atoms with Gasteiger partial charge < -0.3 is 24.6 Å². The normalized spacial score (nSPS) is 14.8. The van der Waals surface area contributed by atoms with Gasteiger partial charge in [0.05, 0.1) is 19.8 Å². The number of esters is 2. The second-order valence-corrected chi connectivity index (χ2v) is 10.9. The number of hydrogen-bond donors (Lipinski definition) is 3. The van der Waals surface area contributed by atoms with Crippen molar-refractivity contribution < 1.29 is 47.8 Å². The predicted molar refractivity (Wildman–Crippen MR) is 145 cm³/mol. The van der Waals surface area contributed by atoms with Gasteiger partial charge in [0.1, 0.15) is 12.7 Å². The van der Waals surface area contributed by atoms with Crippen molar-refractivity contribution in [3.05, 3.63) is 12.2 Å². The SMILES string of the molecule is CCCCCC/C=C\CCCCCCCC(=O)OC(COC(=O)CCCC)COP(=O)(O)OCC(O)CO. The van der Waals surface area contributed by atoms with Crippen LogP contribution in [-0.2, 0) is 32.7 Å². The third-order valence-corrected chi connectivity index (χ3v) is 6.62. The molecule has 0 bridgehead atoms. The van der Waals surface area contributed by atoms with E-state index in [4.69, 9.17) is 19.1 Å². The van der Waals surface area contributed by atoms with Crippen molar-refractivity contribution in [3.8, 4) is 0 Å². The Morgan fingerprint density at radius 2 is 1.32 bits per heavy atom. The molecule has 0 aliphatic carbocycles. The molecule has 0 saturated carbocycles. The molecule has 0 aromatic heterocycles. The topological polar surface area (TPSA) is 149 Å². The van der Waals surface area contributed by atoms with Crippen molar-refractivity contribution in [2.24, 2.45) is 0 Å². The van der Waals surface area contributed by atoms with E-state index in [2.05, 4.69) is 23.6 Å². The molecule has 38 heavy (non-hydrogen) atoms. The molecule has 0 saturated heterocycles. The zero-order valence-corrected chi connectivity index (χ0v) is 24.3. The molecule has 0 aromatic carbocycles. The Morgan fingerprint density at radius 3 is 1.95 bits per heavy atom. The van der Waals surface area contributed by atoms with Crippen LogP contribution >= 0.6 is 7.82 Å². The fourth-order valence-corrected chi connectivity index (χ4v) is 4.16. The molecule has 3 N–H and O–H groups in total. The van der Waals surface area contributed by atoms with Crippen LogP contribution in [0.2, 0.25) is 0 Å². The van der Waals surface area contributed by atoms with E-state index in [1.165, 1.54) is 25.7 Å². The van der Waals surface area contributed by atoms with Gasteiger partial charge in [-0.3, -0.25) is 18.6 Å². The van der Waals surface area contributed by atoms with Crippen molar-refractivity contribution in [1.82, 2.24) is 0 Å². The highest BCUT2D eigenvalue weighted by atomic mass is 31.2. The largest absolute Gasteiger partial charge is 0.472 e. The summed E-state index contributed by atoms with van der Waals surface area (Å²) in [4.78, 5) is 33.9. The van der Waals surface area contributed by atoms with Gasteiger partial charge in [-0.25, -0.2) is 4.57 Å². The van der Waals surface area contributed by atoms with Gasteiger partial charge in [-0.05, 0) is 38.5 Å². The van der Waals surface area contributed by atoms with E-state index < -0.39 is 51.8 Å². The van der Waals surface area contributed by atoms with E-state index >= 15 is 0 Å². The average molecular weight is 567 g/mol.